The highest BCUT2D eigenvalue weighted by molar-refractivity contribution is 5.71. The van der Waals surface area contributed by atoms with E-state index in [0.717, 1.165) is 12.1 Å². The predicted molar refractivity (Wildman–Crippen MR) is 77.9 cm³/mol. The Kier molecular flexibility index (Phi) is 3.63. The third kappa shape index (κ3) is 2.98. The number of nitrogens with zero attached hydrogens (tertiary/aromatic N) is 2. The summed E-state index contributed by atoms with van der Waals surface area (Å²) in [4.78, 5) is 8.24. The van der Waals surface area contributed by atoms with Crippen LogP contribution in [0.4, 0.5) is 13.2 Å². The number of rotatable bonds is 2. The highest BCUT2D eigenvalue weighted by Crippen LogP contribution is 2.35. The van der Waals surface area contributed by atoms with Gasteiger partial charge in [-0.2, -0.15) is 13.2 Å². The van der Waals surface area contributed by atoms with Crippen LogP contribution < -0.4 is 0 Å². The molecule has 0 aliphatic heterocycles. The van der Waals surface area contributed by atoms with E-state index in [0.29, 0.717) is 22.5 Å². The molecule has 0 radical (unpaired) electrons. The summed E-state index contributed by atoms with van der Waals surface area (Å²) in [6, 6.07) is 14.2. The molecule has 0 spiro atoms. The molecule has 1 aromatic carbocycles. The fourth-order valence-electron chi connectivity index (χ4n) is 2.15. The average molecular weight is 300 g/mol. The second-order valence-corrected chi connectivity index (χ2v) is 4.73. The lowest BCUT2D eigenvalue weighted by atomic mass is 10.0. The Balaban J connectivity index is 2.19. The summed E-state index contributed by atoms with van der Waals surface area (Å²) in [6.07, 6.45) is -1.32. The fraction of sp³-hybridized carbons (Fsp3) is 0.0588. The summed E-state index contributed by atoms with van der Waals surface area (Å²) in [5.74, 6) is 0. The first kappa shape index (κ1) is 14.3. The van der Waals surface area contributed by atoms with Gasteiger partial charge in [0.25, 0.3) is 0 Å². The standard InChI is InChI=1S/C17H11F3N2/c18-17(19,20)14-10-12(15-5-1-3-7-21-15)9-13(11-14)16-6-2-4-8-22-16/h1-11H. The largest absolute Gasteiger partial charge is 0.416 e. The van der Waals surface area contributed by atoms with Gasteiger partial charge in [0.15, 0.2) is 0 Å². The van der Waals surface area contributed by atoms with Crippen LogP contribution in [-0.2, 0) is 6.18 Å². The van der Waals surface area contributed by atoms with Crippen LogP contribution >= 0.6 is 0 Å². The minimum Gasteiger partial charge on any atom is -0.256 e. The van der Waals surface area contributed by atoms with Gasteiger partial charge < -0.3 is 0 Å². The van der Waals surface area contributed by atoms with E-state index in [1.807, 2.05) is 0 Å². The summed E-state index contributed by atoms with van der Waals surface area (Å²) >= 11 is 0. The van der Waals surface area contributed by atoms with Crippen LogP contribution in [0.5, 0.6) is 0 Å². The minimum absolute atomic E-state index is 0.413. The molecule has 0 aliphatic carbocycles. The van der Waals surface area contributed by atoms with E-state index in [2.05, 4.69) is 9.97 Å². The SMILES string of the molecule is FC(F)(F)c1cc(-c2ccccn2)cc(-c2ccccn2)c1. The number of benzene rings is 1. The molecule has 0 fully saturated rings. The Morgan fingerprint density at radius 3 is 1.55 bits per heavy atom. The second kappa shape index (κ2) is 5.60. The maximum absolute atomic E-state index is 13.1. The third-order valence-corrected chi connectivity index (χ3v) is 3.18. The van der Waals surface area contributed by atoms with Gasteiger partial charge >= 0.3 is 6.18 Å². The number of alkyl halides is 3. The Bertz CT molecular complexity index is 711. The van der Waals surface area contributed by atoms with Crippen molar-refractivity contribution in [3.8, 4) is 22.5 Å². The summed E-state index contributed by atoms with van der Waals surface area (Å²) in [5.41, 5.74) is 1.10. The number of pyridine rings is 2. The van der Waals surface area contributed by atoms with Crippen molar-refractivity contribution in [1.82, 2.24) is 9.97 Å². The molecule has 0 saturated heterocycles. The normalized spacial score (nSPS) is 11.4. The van der Waals surface area contributed by atoms with Crippen molar-refractivity contribution < 1.29 is 13.2 Å². The average Bonchev–Trinajstić information content (AvgIpc) is 2.55. The van der Waals surface area contributed by atoms with E-state index in [1.165, 1.54) is 0 Å². The van der Waals surface area contributed by atoms with Crippen LogP contribution in [0.3, 0.4) is 0 Å². The summed E-state index contributed by atoms with van der Waals surface area (Å²) < 4.78 is 39.4. The van der Waals surface area contributed by atoms with Crippen molar-refractivity contribution in [3.63, 3.8) is 0 Å². The molecular weight excluding hydrogens is 289 g/mol. The number of aromatic nitrogens is 2. The molecule has 0 N–H and O–H groups in total. The monoisotopic (exact) mass is 300 g/mol. The summed E-state index contributed by atoms with van der Waals surface area (Å²) in [6.45, 7) is 0. The van der Waals surface area contributed by atoms with Crippen LogP contribution in [0.15, 0.2) is 67.0 Å². The summed E-state index contributed by atoms with van der Waals surface area (Å²) in [7, 11) is 0. The van der Waals surface area contributed by atoms with Gasteiger partial charge in [-0.3, -0.25) is 9.97 Å². The first-order chi connectivity index (χ1) is 10.5. The van der Waals surface area contributed by atoms with Gasteiger partial charge in [-0.15, -0.1) is 0 Å². The summed E-state index contributed by atoms with van der Waals surface area (Å²) in [5, 5.41) is 0. The lowest BCUT2D eigenvalue weighted by Gasteiger charge is -2.12. The van der Waals surface area contributed by atoms with E-state index in [9.17, 15) is 13.2 Å². The quantitative estimate of drug-likeness (QED) is 0.677. The van der Waals surface area contributed by atoms with Gasteiger partial charge in [0, 0.05) is 23.5 Å². The lowest BCUT2D eigenvalue weighted by molar-refractivity contribution is -0.137. The molecule has 22 heavy (non-hydrogen) atoms. The fourth-order valence-corrected chi connectivity index (χ4v) is 2.15. The maximum Gasteiger partial charge on any atom is 0.416 e. The minimum atomic E-state index is -4.42. The highest BCUT2D eigenvalue weighted by atomic mass is 19.4. The molecule has 0 amide bonds. The van der Waals surface area contributed by atoms with E-state index < -0.39 is 11.7 Å². The zero-order valence-electron chi connectivity index (χ0n) is 11.4. The van der Waals surface area contributed by atoms with Gasteiger partial charge in [0.1, 0.15) is 0 Å². The van der Waals surface area contributed by atoms with Gasteiger partial charge in [-0.05, 0) is 42.5 Å². The third-order valence-electron chi connectivity index (χ3n) is 3.18. The molecule has 2 aromatic heterocycles. The molecule has 110 valence electrons. The molecule has 0 atom stereocenters. The topological polar surface area (TPSA) is 25.8 Å². The number of hydrogen-bond acceptors (Lipinski definition) is 2. The van der Waals surface area contributed by atoms with E-state index in [1.54, 1.807) is 54.9 Å². The van der Waals surface area contributed by atoms with Gasteiger partial charge in [0.05, 0.1) is 17.0 Å². The highest BCUT2D eigenvalue weighted by Gasteiger charge is 2.31. The van der Waals surface area contributed by atoms with Crippen molar-refractivity contribution in [2.24, 2.45) is 0 Å². The Hall–Kier alpha value is -2.69. The lowest BCUT2D eigenvalue weighted by Crippen LogP contribution is -2.05. The molecule has 5 heteroatoms. The van der Waals surface area contributed by atoms with Crippen molar-refractivity contribution >= 4 is 0 Å². The van der Waals surface area contributed by atoms with Gasteiger partial charge in [-0.25, -0.2) is 0 Å². The predicted octanol–water partition coefficient (Wildman–Crippen LogP) is 4.83. The molecule has 3 aromatic rings. The maximum atomic E-state index is 13.1. The van der Waals surface area contributed by atoms with Crippen molar-refractivity contribution in [3.05, 3.63) is 72.6 Å². The van der Waals surface area contributed by atoms with E-state index >= 15 is 0 Å². The van der Waals surface area contributed by atoms with Gasteiger partial charge in [-0.1, -0.05) is 12.1 Å². The first-order valence-electron chi connectivity index (χ1n) is 6.59. The Morgan fingerprint density at radius 1 is 0.682 bits per heavy atom. The number of hydrogen-bond donors (Lipinski definition) is 0. The van der Waals surface area contributed by atoms with Crippen LogP contribution in [0, 0.1) is 0 Å². The van der Waals surface area contributed by atoms with Crippen LogP contribution in [-0.4, -0.2) is 9.97 Å². The smallest absolute Gasteiger partial charge is 0.256 e. The van der Waals surface area contributed by atoms with Crippen LogP contribution in [0.2, 0.25) is 0 Å². The zero-order chi connectivity index (χ0) is 15.6. The van der Waals surface area contributed by atoms with E-state index in [4.69, 9.17) is 0 Å². The van der Waals surface area contributed by atoms with E-state index in [-0.39, 0.29) is 0 Å². The molecule has 0 saturated carbocycles. The molecule has 0 bridgehead atoms. The Morgan fingerprint density at radius 2 is 1.18 bits per heavy atom. The Labute approximate surface area is 125 Å². The van der Waals surface area contributed by atoms with Crippen molar-refractivity contribution in [1.29, 1.82) is 0 Å². The van der Waals surface area contributed by atoms with Crippen LogP contribution in [0.25, 0.3) is 22.5 Å². The first-order valence-corrected chi connectivity index (χ1v) is 6.59. The number of halogens is 3. The molecule has 2 nitrogen and oxygen atoms in total. The van der Waals surface area contributed by atoms with Crippen molar-refractivity contribution in [2.45, 2.75) is 6.18 Å². The van der Waals surface area contributed by atoms with Crippen molar-refractivity contribution in [2.75, 3.05) is 0 Å². The molecule has 3 rings (SSSR count). The van der Waals surface area contributed by atoms with Crippen LogP contribution in [0.1, 0.15) is 5.56 Å². The zero-order valence-corrected chi connectivity index (χ0v) is 11.4. The van der Waals surface area contributed by atoms with Gasteiger partial charge in [0.2, 0.25) is 0 Å². The molecule has 0 aliphatic rings. The molecule has 2 heterocycles. The molecular formula is C17H11F3N2. The second-order valence-electron chi connectivity index (χ2n) is 4.73. The molecule has 0 unspecified atom stereocenters.